The van der Waals surface area contributed by atoms with Gasteiger partial charge in [0.1, 0.15) is 19.8 Å². The van der Waals surface area contributed by atoms with Gasteiger partial charge in [-0.15, -0.1) is 0 Å². The van der Waals surface area contributed by atoms with Gasteiger partial charge in [0.15, 0.2) is 6.10 Å². The number of carbonyl (C=O) groups is 2. The molecule has 0 bridgehead atoms. The van der Waals surface area contributed by atoms with Crippen molar-refractivity contribution < 1.29 is 42.1 Å². The van der Waals surface area contributed by atoms with Crippen LogP contribution in [0.15, 0.2) is 97.2 Å². The Hall–Kier alpha value is -3.07. The Bertz CT molecular complexity index is 1840. The first-order chi connectivity index (χ1) is 44.0. The number of hydrogen-bond acceptors (Lipinski definition) is 8. The third-order valence-electron chi connectivity index (χ3n) is 16.6. The van der Waals surface area contributed by atoms with Gasteiger partial charge in [0.05, 0.1) is 27.7 Å². The van der Waals surface area contributed by atoms with Gasteiger partial charge in [-0.2, -0.15) is 0 Å². The lowest BCUT2D eigenvalue weighted by Gasteiger charge is -2.28. The summed E-state index contributed by atoms with van der Waals surface area (Å²) in [6.45, 7) is 4.15. The molecule has 0 aliphatic heterocycles. The Balaban J connectivity index is 3.94. The van der Waals surface area contributed by atoms with Crippen molar-refractivity contribution in [3.63, 3.8) is 0 Å². The van der Waals surface area contributed by atoms with E-state index in [2.05, 4.69) is 111 Å². The lowest BCUT2D eigenvalue weighted by molar-refractivity contribution is -0.870. The highest BCUT2D eigenvalue weighted by molar-refractivity contribution is 7.45. The number of quaternary nitrogens is 1. The van der Waals surface area contributed by atoms with Crippen LogP contribution >= 0.6 is 7.82 Å². The Morgan fingerprint density at radius 1 is 0.356 bits per heavy atom. The van der Waals surface area contributed by atoms with Crippen molar-refractivity contribution in [2.24, 2.45) is 0 Å². The third kappa shape index (κ3) is 74.0. The van der Waals surface area contributed by atoms with Gasteiger partial charge in [0, 0.05) is 12.8 Å². The maximum Gasteiger partial charge on any atom is 0.306 e. The molecule has 0 heterocycles. The van der Waals surface area contributed by atoms with Crippen molar-refractivity contribution in [1.82, 2.24) is 0 Å². The third-order valence-corrected chi connectivity index (χ3v) is 17.6. The van der Waals surface area contributed by atoms with E-state index in [0.717, 1.165) is 83.5 Å². The fourth-order valence-electron chi connectivity index (χ4n) is 10.8. The summed E-state index contributed by atoms with van der Waals surface area (Å²) < 4.78 is 34.4. The monoisotopic (exact) mass is 1280 g/mol. The van der Waals surface area contributed by atoms with Gasteiger partial charge in [0.2, 0.25) is 0 Å². The molecule has 0 N–H and O–H groups in total. The van der Waals surface area contributed by atoms with Crippen LogP contribution in [0.3, 0.4) is 0 Å². The Labute approximate surface area is 557 Å². The molecule has 0 aromatic carbocycles. The molecule has 0 aliphatic rings. The second-order valence-electron chi connectivity index (χ2n) is 26.6. The Morgan fingerprint density at radius 2 is 0.633 bits per heavy atom. The van der Waals surface area contributed by atoms with Crippen LogP contribution in [0.1, 0.15) is 348 Å². The van der Waals surface area contributed by atoms with Crippen LogP contribution in [0, 0.1) is 0 Å². The van der Waals surface area contributed by atoms with Crippen molar-refractivity contribution in [2.45, 2.75) is 354 Å². The summed E-state index contributed by atoms with van der Waals surface area (Å²) >= 11 is 0. The smallest absolute Gasteiger partial charge is 0.306 e. The van der Waals surface area contributed by atoms with Gasteiger partial charge in [-0.05, 0) is 96.3 Å². The van der Waals surface area contributed by atoms with Gasteiger partial charge in [-0.3, -0.25) is 14.2 Å². The van der Waals surface area contributed by atoms with Crippen molar-refractivity contribution in [2.75, 3.05) is 47.5 Å². The molecule has 10 heteroatoms. The van der Waals surface area contributed by atoms with E-state index in [1.54, 1.807) is 0 Å². The van der Waals surface area contributed by atoms with E-state index in [0.29, 0.717) is 17.4 Å². The average Bonchev–Trinajstić information content (AvgIpc) is 3.62. The molecule has 90 heavy (non-hydrogen) atoms. The molecular formula is C80H144NO8P. The van der Waals surface area contributed by atoms with E-state index < -0.39 is 26.5 Å². The molecule has 9 nitrogen and oxygen atoms in total. The number of nitrogens with zero attached hydrogens (tertiary/aromatic N) is 1. The first kappa shape index (κ1) is 86.9. The fourth-order valence-corrected chi connectivity index (χ4v) is 11.5. The van der Waals surface area contributed by atoms with Gasteiger partial charge in [-0.1, -0.05) is 336 Å². The van der Waals surface area contributed by atoms with Gasteiger partial charge < -0.3 is 27.9 Å². The highest BCUT2D eigenvalue weighted by Gasteiger charge is 2.22. The topological polar surface area (TPSA) is 111 Å². The molecule has 0 spiro atoms. The summed E-state index contributed by atoms with van der Waals surface area (Å²) in [5.74, 6) is -0.825. The summed E-state index contributed by atoms with van der Waals surface area (Å²) in [6.07, 6.45) is 98.0. The highest BCUT2D eigenvalue weighted by atomic mass is 31.2. The number of esters is 2. The first-order valence-electron chi connectivity index (χ1n) is 37.9. The summed E-state index contributed by atoms with van der Waals surface area (Å²) in [6, 6.07) is 0. The number of phosphoric acid groups is 1. The Morgan fingerprint density at radius 3 is 0.944 bits per heavy atom. The van der Waals surface area contributed by atoms with E-state index in [9.17, 15) is 19.0 Å². The standard InChI is InChI=1S/C80H144NO8P/c1-6-8-10-12-14-16-18-20-22-24-26-28-30-32-33-34-35-36-37-38-39-40-41-42-43-44-45-46-47-49-51-53-55-57-59-61-63-65-67-69-71-73-80(83)89-78(77-88-90(84,85)87-75-74-81(3,4)5)76-86-79(82)72-70-68-66-64-62-60-58-56-54-52-50-48-31-29-27-25-23-21-19-17-15-13-11-9-7-2/h8,10,14,16,19-22,25-28,31-33,48,78H,6-7,9,11-13,15,17-18,23-24,29-30,34-47,49-77H2,1-5H3/b10-8-,16-14-,21-19-,22-20-,27-25-,28-26-,33-32-,48-31-. The predicted molar refractivity (Wildman–Crippen MR) is 388 cm³/mol. The number of likely N-dealkylation sites (N-methyl/N-ethyl adjacent to an activating group) is 1. The minimum Gasteiger partial charge on any atom is -0.756 e. The molecule has 522 valence electrons. The number of allylic oxidation sites excluding steroid dienone is 16. The summed E-state index contributed by atoms with van der Waals surface area (Å²) in [4.78, 5) is 38.1. The van der Waals surface area contributed by atoms with E-state index in [-0.39, 0.29) is 32.0 Å². The van der Waals surface area contributed by atoms with Crippen LogP contribution in [0.2, 0.25) is 0 Å². The predicted octanol–water partition coefficient (Wildman–Crippen LogP) is 24.4. The zero-order valence-electron chi connectivity index (χ0n) is 59.6. The number of rotatable bonds is 70. The molecule has 0 aliphatic carbocycles. The van der Waals surface area contributed by atoms with E-state index in [1.807, 2.05) is 21.1 Å². The highest BCUT2D eigenvalue weighted by Crippen LogP contribution is 2.38. The minimum atomic E-state index is -4.65. The molecule has 0 amide bonds. The summed E-state index contributed by atoms with van der Waals surface area (Å²) in [5, 5.41) is 0. The molecule has 2 atom stereocenters. The molecular weight excluding hydrogens is 1130 g/mol. The van der Waals surface area contributed by atoms with Crippen molar-refractivity contribution in [3.8, 4) is 0 Å². The summed E-state index contributed by atoms with van der Waals surface area (Å²) in [5.41, 5.74) is 0. The fraction of sp³-hybridized carbons (Fsp3) is 0.775. The number of phosphoric ester groups is 1. The second-order valence-corrected chi connectivity index (χ2v) is 28.0. The average molecular weight is 1280 g/mol. The molecule has 0 radical (unpaired) electrons. The van der Waals surface area contributed by atoms with Gasteiger partial charge in [0.25, 0.3) is 7.82 Å². The Kier molecular flexibility index (Phi) is 67.9. The molecule has 2 unspecified atom stereocenters. The molecule has 0 rings (SSSR count). The van der Waals surface area contributed by atoms with E-state index >= 15 is 0 Å². The maximum atomic E-state index is 12.9. The lowest BCUT2D eigenvalue weighted by atomic mass is 10.0. The first-order valence-corrected chi connectivity index (χ1v) is 39.4. The number of hydrogen-bond donors (Lipinski definition) is 0. The quantitative estimate of drug-likeness (QED) is 0.0195. The van der Waals surface area contributed by atoms with Crippen LogP contribution in [0.4, 0.5) is 0 Å². The molecule has 0 fully saturated rings. The number of ether oxygens (including phenoxy) is 2. The molecule has 0 saturated carbocycles. The zero-order chi connectivity index (χ0) is 65.5. The number of unbranched alkanes of at least 4 members (excludes halogenated alkanes) is 40. The zero-order valence-corrected chi connectivity index (χ0v) is 60.5. The van der Waals surface area contributed by atoms with Crippen LogP contribution < -0.4 is 4.89 Å². The van der Waals surface area contributed by atoms with Gasteiger partial charge in [-0.25, -0.2) is 0 Å². The second kappa shape index (κ2) is 70.3. The molecule has 0 saturated heterocycles. The van der Waals surface area contributed by atoms with Crippen molar-refractivity contribution in [1.29, 1.82) is 0 Å². The van der Waals surface area contributed by atoms with Crippen molar-refractivity contribution >= 4 is 19.8 Å². The van der Waals surface area contributed by atoms with Gasteiger partial charge >= 0.3 is 11.9 Å². The van der Waals surface area contributed by atoms with E-state index in [1.165, 1.54) is 231 Å². The van der Waals surface area contributed by atoms with Crippen LogP contribution in [0.5, 0.6) is 0 Å². The summed E-state index contributed by atoms with van der Waals surface area (Å²) in [7, 11) is 1.17. The minimum absolute atomic E-state index is 0.0323. The molecule has 0 aromatic heterocycles. The maximum absolute atomic E-state index is 12.9. The van der Waals surface area contributed by atoms with E-state index in [4.69, 9.17) is 18.5 Å². The lowest BCUT2D eigenvalue weighted by Crippen LogP contribution is -2.37. The number of carbonyl (C=O) groups excluding carboxylic acids is 2. The molecule has 0 aromatic rings. The van der Waals surface area contributed by atoms with Crippen LogP contribution in [-0.4, -0.2) is 70.0 Å². The normalized spacial score (nSPS) is 13.6. The largest absolute Gasteiger partial charge is 0.756 e. The van der Waals surface area contributed by atoms with Crippen LogP contribution in [0.25, 0.3) is 0 Å². The van der Waals surface area contributed by atoms with Crippen LogP contribution in [-0.2, 0) is 32.7 Å². The van der Waals surface area contributed by atoms with Crippen molar-refractivity contribution in [3.05, 3.63) is 97.2 Å². The SMILES string of the molecule is CC/C=C\C/C=C\C/C=C\C/C=C\C/C=C\CCCCCCCCCCCCCCCCCCCCCCCCCCCC(=O)OC(COC(=O)CCCCCCCCCCCC/C=C\C/C=C\C/C=C\CCCCCCC)COP(=O)([O-])OCC[N+](C)(C)C.